The average Bonchev–Trinajstić information content (AvgIpc) is 2.64. The van der Waals surface area contributed by atoms with E-state index in [1.54, 1.807) is 43.3 Å². The molecule has 0 aromatic heterocycles. The molecule has 0 heterocycles. The van der Waals surface area contributed by atoms with Gasteiger partial charge in [0.05, 0.1) is 15.7 Å². The van der Waals surface area contributed by atoms with Crippen molar-refractivity contribution in [3.8, 4) is 0 Å². The maximum Gasteiger partial charge on any atom is 0.317 e. The highest BCUT2D eigenvalue weighted by molar-refractivity contribution is 6.39. The molecule has 8 heteroatoms. The van der Waals surface area contributed by atoms with Gasteiger partial charge in [0.15, 0.2) is 0 Å². The molecule has 2 aromatic rings. The van der Waals surface area contributed by atoms with E-state index >= 15 is 0 Å². The topological polar surface area (TPSA) is 61.4 Å². The summed E-state index contributed by atoms with van der Waals surface area (Å²) in [4.78, 5) is 25.8. The molecule has 5 nitrogen and oxygen atoms in total. The number of likely N-dealkylation sites (N-methyl/N-ethyl adjacent to an activating group) is 1. The third kappa shape index (κ3) is 6.12. The van der Waals surface area contributed by atoms with Crippen molar-refractivity contribution in [2.24, 2.45) is 0 Å². The fourth-order valence-electron chi connectivity index (χ4n) is 2.41. The Labute approximate surface area is 167 Å². The lowest BCUT2D eigenvalue weighted by atomic mass is 10.1. The van der Waals surface area contributed by atoms with Crippen molar-refractivity contribution in [3.63, 3.8) is 0 Å². The van der Waals surface area contributed by atoms with E-state index in [9.17, 15) is 14.0 Å². The SMILES string of the molecule is CCN(CC(=O)Nc1c(Cl)cccc1Cl)C(=O)NCCc1ccccc1F. The predicted molar refractivity (Wildman–Crippen MR) is 106 cm³/mol. The zero-order valence-electron chi connectivity index (χ0n) is 14.8. The Morgan fingerprint density at radius 2 is 1.74 bits per heavy atom. The lowest BCUT2D eigenvalue weighted by Crippen LogP contribution is -2.44. The van der Waals surface area contributed by atoms with Crippen molar-refractivity contribution in [2.45, 2.75) is 13.3 Å². The van der Waals surface area contributed by atoms with Crippen LogP contribution < -0.4 is 10.6 Å². The molecule has 144 valence electrons. The second kappa shape index (κ2) is 10.1. The summed E-state index contributed by atoms with van der Waals surface area (Å²) < 4.78 is 13.6. The first-order valence-electron chi connectivity index (χ1n) is 8.42. The lowest BCUT2D eigenvalue weighted by molar-refractivity contribution is -0.116. The van der Waals surface area contributed by atoms with Crippen LogP contribution in [0.25, 0.3) is 0 Å². The summed E-state index contributed by atoms with van der Waals surface area (Å²) in [6.07, 6.45) is 0.359. The monoisotopic (exact) mass is 411 g/mol. The van der Waals surface area contributed by atoms with Crippen LogP contribution in [0.1, 0.15) is 12.5 Å². The number of anilines is 1. The van der Waals surface area contributed by atoms with Crippen LogP contribution in [-0.2, 0) is 11.2 Å². The summed E-state index contributed by atoms with van der Waals surface area (Å²) >= 11 is 12.0. The molecular weight excluding hydrogens is 392 g/mol. The molecule has 0 aliphatic rings. The fraction of sp³-hybridized carbons (Fsp3) is 0.263. The Kier molecular flexibility index (Phi) is 7.88. The zero-order valence-corrected chi connectivity index (χ0v) is 16.3. The minimum absolute atomic E-state index is 0.163. The number of benzene rings is 2. The fourth-order valence-corrected chi connectivity index (χ4v) is 2.91. The lowest BCUT2D eigenvalue weighted by Gasteiger charge is -2.21. The highest BCUT2D eigenvalue weighted by atomic mass is 35.5. The summed E-state index contributed by atoms with van der Waals surface area (Å²) in [5.74, 6) is -0.730. The maximum absolute atomic E-state index is 13.6. The number of nitrogens with zero attached hydrogens (tertiary/aromatic N) is 1. The molecule has 0 aliphatic carbocycles. The van der Waals surface area contributed by atoms with Gasteiger partial charge in [0.25, 0.3) is 0 Å². The second-order valence-electron chi connectivity index (χ2n) is 5.73. The normalized spacial score (nSPS) is 10.4. The maximum atomic E-state index is 13.6. The number of amides is 3. The minimum Gasteiger partial charge on any atom is -0.338 e. The first-order chi connectivity index (χ1) is 12.9. The molecule has 2 N–H and O–H groups in total. The molecule has 2 aromatic carbocycles. The summed E-state index contributed by atoms with van der Waals surface area (Å²) in [5.41, 5.74) is 0.828. The number of hydrogen-bond donors (Lipinski definition) is 2. The van der Waals surface area contributed by atoms with E-state index in [0.717, 1.165) is 0 Å². The highest BCUT2D eigenvalue weighted by Gasteiger charge is 2.17. The summed E-state index contributed by atoms with van der Waals surface area (Å²) in [6.45, 7) is 2.18. The van der Waals surface area contributed by atoms with Gasteiger partial charge in [-0.1, -0.05) is 47.5 Å². The Morgan fingerprint density at radius 3 is 2.37 bits per heavy atom. The molecule has 0 saturated heterocycles. The van der Waals surface area contributed by atoms with Gasteiger partial charge in [-0.25, -0.2) is 9.18 Å². The molecule has 0 spiro atoms. The van der Waals surface area contributed by atoms with E-state index in [2.05, 4.69) is 10.6 Å². The Balaban J connectivity index is 1.87. The van der Waals surface area contributed by atoms with Crippen molar-refractivity contribution in [1.29, 1.82) is 0 Å². The first-order valence-corrected chi connectivity index (χ1v) is 9.18. The highest BCUT2D eigenvalue weighted by Crippen LogP contribution is 2.29. The van der Waals surface area contributed by atoms with Gasteiger partial charge >= 0.3 is 6.03 Å². The molecule has 0 aliphatic heterocycles. The molecule has 27 heavy (non-hydrogen) atoms. The predicted octanol–water partition coefficient (Wildman–Crippen LogP) is 4.35. The van der Waals surface area contributed by atoms with E-state index in [0.29, 0.717) is 34.3 Å². The Hall–Kier alpha value is -2.31. The van der Waals surface area contributed by atoms with Crippen LogP contribution in [0.15, 0.2) is 42.5 Å². The quantitative estimate of drug-likeness (QED) is 0.711. The molecule has 0 atom stereocenters. The van der Waals surface area contributed by atoms with Gasteiger partial charge < -0.3 is 15.5 Å². The van der Waals surface area contributed by atoms with Crippen LogP contribution in [0.2, 0.25) is 10.0 Å². The van der Waals surface area contributed by atoms with Crippen molar-refractivity contribution >= 4 is 40.8 Å². The number of hydrogen-bond acceptors (Lipinski definition) is 2. The molecule has 0 radical (unpaired) electrons. The van der Waals surface area contributed by atoms with Gasteiger partial charge in [-0.3, -0.25) is 4.79 Å². The molecule has 0 unspecified atom stereocenters. The van der Waals surface area contributed by atoms with Crippen LogP contribution in [-0.4, -0.2) is 36.5 Å². The molecule has 0 saturated carbocycles. The minimum atomic E-state index is -0.420. The van der Waals surface area contributed by atoms with Gasteiger partial charge in [-0.05, 0) is 37.1 Å². The number of urea groups is 1. The van der Waals surface area contributed by atoms with E-state index < -0.39 is 11.9 Å². The largest absolute Gasteiger partial charge is 0.338 e. The molecule has 0 fully saturated rings. The van der Waals surface area contributed by atoms with E-state index in [4.69, 9.17) is 23.2 Å². The average molecular weight is 412 g/mol. The van der Waals surface area contributed by atoms with Crippen LogP contribution >= 0.6 is 23.2 Å². The zero-order chi connectivity index (χ0) is 19.8. The van der Waals surface area contributed by atoms with E-state index in [-0.39, 0.29) is 18.9 Å². The molecule has 0 bridgehead atoms. The van der Waals surface area contributed by atoms with Crippen LogP contribution in [0.5, 0.6) is 0 Å². The third-order valence-electron chi connectivity index (χ3n) is 3.86. The van der Waals surface area contributed by atoms with Gasteiger partial charge in [-0.2, -0.15) is 0 Å². The van der Waals surface area contributed by atoms with E-state index in [1.807, 2.05) is 0 Å². The summed E-state index contributed by atoms with van der Waals surface area (Å²) in [5, 5.41) is 5.93. The molecule has 3 amide bonds. The number of carbonyl (C=O) groups is 2. The first kappa shape index (κ1) is 21.0. The summed E-state index contributed by atoms with van der Waals surface area (Å²) in [6, 6.07) is 10.9. The smallest absolute Gasteiger partial charge is 0.317 e. The van der Waals surface area contributed by atoms with Gasteiger partial charge in [0.1, 0.15) is 12.4 Å². The van der Waals surface area contributed by atoms with Crippen molar-refractivity contribution < 1.29 is 14.0 Å². The number of nitrogens with one attached hydrogen (secondary N) is 2. The third-order valence-corrected chi connectivity index (χ3v) is 4.49. The van der Waals surface area contributed by atoms with Crippen molar-refractivity contribution in [3.05, 3.63) is 63.9 Å². The Morgan fingerprint density at radius 1 is 1.07 bits per heavy atom. The number of para-hydroxylation sites is 1. The second-order valence-corrected chi connectivity index (χ2v) is 6.55. The number of carbonyl (C=O) groups excluding carboxylic acids is 2. The molecular formula is C19H20Cl2FN3O2. The molecule has 2 rings (SSSR count). The van der Waals surface area contributed by atoms with Crippen LogP contribution in [0, 0.1) is 5.82 Å². The van der Waals surface area contributed by atoms with Gasteiger partial charge in [0, 0.05) is 13.1 Å². The van der Waals surface area contributed by atoms with Crippen molar-refractivity contribution in [2.75, 3.05) is 25.0 Å². The Bertz CT molecular complexity index is 797. The number of halogens is 3. The number of rotatable bonds is 7. The van der Waals surface area contributed by atoms with Crippen LogP contribution in [0.4, 0.5) is 14.9 Å². The van der Waals surface area contributed by atoms with E-state index in [1.165, 1.54) is 11.0 Å². The standard InChI is InChI=1S/C19H20Cl2FN3O2/c1-2-25(12-17(26)24-18-14(20)7-5-8-15(18)21)19(27)23-11-10-13-6-3-4-9-16(13)22/h3-9H,2,10-12H2,1H3,(H,23,27)(H,24,26). The van der Waals surface area contributed by atoms with Gasteiger partial charge in [-0.15, -0.1) is 0 Å². The van der Waals surface area contributed by atoms with Crippen molar-refractivity contribution in [1.82, 2.24) is 10.2 Å². The van der Waals surface area contributed by atoms with Gasteiger partial charge in [0.2, 0.25) is 5.91 Å². The van der Waals surface area contributed by atoms with Crippen LogP contribution in [0.3, 0.4) is 0 Å². The summed E-state index contributed by atoms with van der Waals surface area (Å²) in [7, 11) is 0.